The third-order valence-electron chi connectivity index (χ3n) is 3.36. The van der Waals surface area contributed by atoms with Crippen LogP contribution >= 0.6 is 22.9 Å². The van der Waals surface area contributed by atoms with Crippen LogP contribution in [0.1, 0.15) is 25.3 Å². The van der Waals surface area contributed by atoms with Crippen LogP contribution in [0.15, 0.2) is 48.1 Å². The number of pyridine rings is 1. The lowest BCUT2D eigenvalue weighted by molar-refractivity contribution is 0.865. The molecule has 106 valence electrons. The van der Waals surface area contributed by atoms with Crippen LogP contribution in [0.4, 0.5) is 0 Å². The van der Waals surface area contributed by atoms with E-state index >= 15 is 0 Å². The quantitative estimate of drug-likeness (QED) is 0.624. The predicted octanol–water partition coefficient (Wildman–Crippen LogP) is 5.65. The first-order chi connectivity index (χ1) is 10.2. The van der Waals surface area contributed by atoms with E-state index in [4.69, 9.17) is 16.6 Å². The molecule has 0 unspecified atom stereocenters. The first-order valence-electron chi connectivity index (χ1n) is 6.81. The Labute approximate surface area is 133 Å². The standard InChI is InChI=1S/C17H15ClN2S/c1-11(2)12-7-8-19-9-14(12)17-20-16(10-21-17)13-5-3-4-6-15(13)18/h3-11H,1-2H3. The summed E-state index contributed by atoms with van der Waals surface area (Å²) in [6.07, 6.45) is 3.73. The number of hydrogen-bond donors (Lipinski definition) is 0. The minimum Gasteiger partial charge on any atom is -0.264 e. The molecule has 0 aliphatic carbocycles. The van der Waals surface area contributed by atoms with Crippen molar-refractivity contribution < 1.29 is 0 Å². The highest BCUT2D eigenvalue weighted by molar-refractivity contribution is 7.13. The van der Waals surface area contributed by atoms with E-state index in [0.717, 1.165) is 26.9 Å². The summed E-state index contributed by atoms with van der Waals surface area (Å²) >= 11 is 7.88. The molecule has 0 aliphatic rings. The van der Waals surface area contributed by atoms with E-state index in [9.17, 15) is 0 Å². The molecule has 0 N–H and O–H groups in total. The lowest BCUT2D eigenvalue weighted by atomic mass is 10.00. The summed E-state index contributed by atoms with van der Waals surface area (Å²) in [4.78, 5) is 8.99. The molecule has 0 fully saturated rings. The molecule has 2 nitrogen and oxygen atoms in total. The second-order valence-electron chi connectivity index (χ2n) is 5.14. The van der Waals surface area contributed by atoms with E-state index in [1.807, 2.05) is 42.0 Å². The first-order valence-corrected chi connectivity index (χ1v) is 8.07. The number of benzene rings is 1. The molecule has 21 heavy (non-hydrogen) atoms. The number of nitrogens with zero attached hydrogens (tertiary/aromatic N) is 2. The van der Waals surface area contributed by atoms with Gasteiger partial charge in [0.05, 0.1) is 5.69 Å². The van der Waals surface area contributed by atoms with Crippen molar-refractivity contribution in [3.8, 4) is 21.8 Å². The average Bonchev–Trinajstić information content (AvgIpc) is 2.97. The van der Waals surface area contributed by atoms with E-state index < -0.39 is 0 Å². The SMILES string of the molecule is CC(C)c1ccncc1-c1nc(-c2ccccc2Cl)cs1. The van der Waals surface area contributed by atoms with E-state index in [1.54, 1.807) is 11.3 Å². The summed E-state index contributed by atoms with van der Waals surface area (Å²) in [5, 5.41) is 3.76. The zero-order valence-corrected chi connectivity index (χ0v) is 13.4. The Morgan fingerprint density at radius 1 is 1.10 bits per heavy atom. The van der Waals surface area contributed by atoms with Crippen LogP contribution in [0, 0.1) is 0 Å². The molecule has 1 aromatic carbocycles. The molecule has 2 heterocycles. The molecule has 4 heteroatoms. The summed E-state index contributed by atoms with van der Waals surface area (Å²) in [5.41, 5.74) is 4.26. The molecular weight excluding hydrogens is 300 g/mol. The summed E-state index contributed by atoms with van der Waals surface area (Å²) in [7, 11) is 0. The van der Waals surface area contributed by atoms with Crippen molar-refractivity contribution >= 4 is 22.9 Å². The van der Waals surface area contributed by atoms with Gasteiger partial charge in [-0.1, -0.05) is 43.6 Å². The maximum absolute atomic E-state index is 6.25. The second-order valence-corrected chi connectivity index (χ2v) is 6.40. The highest BCUT2D eigenvalue weighted by atomic mass is 35.5. The number of aromatic nitrogens is 2. The van der Waals surface area contributed by atoms with Gasteiger partial charge in [-0.3, -0.25) is 4.98 Å². The van der Waals surface area contributed by atoms with Gasteiger partial charge in [0.25, 0.3) is 0 Å². The normalized spacial score (nSPS) is 11.0. The molecule has 0 spiro atoms. The maximum Gasteiger partial charge on any atom is 0.125 e. The van der Waals surface area contributed by atoms with Crippen molar-refractivity contribution in [1.82, 2.24) is 9.97 Å². The number of hydrogen-bond acceptors (Lipinski definition) is 3. The molecule has 0 saturated heterocycles. The lowest BCUT2D eigenvalue weighted by Crippen LogP contribution is -1.93. The summed E-state index contributed by atoms with van der Waals surface area (Å²) < 4.78 is 0. The smallest absolute Gasteiger partial charge is 0.125 e. The molecular formula is C17H15ClN2S. The van der Waals surface area contributed by atoms with E-state index in [1.165, 1.54) is 5.56 Å². The van der Waals surface area contributed by atoms with Crippen LogP contribution in [0.3, 0.4) is 0 Å². The Balaban J connectivity index is 2.06. The summed E-state index contributed by atoms with van der Waals surface area (Å²) in [6, 6.07) is 9.85. The topological polar surface area (TPSA) is 25.8 Å². The van der Waals surface area contributed by atoms with Gasteiger partial charge < -0.3 is 0 Å². The summed E-state index contributed by atoms with van der Waals surface area (Å²) in [5.74, 6) is 0.440. The average molecular weight is 315 g/mol. The summed E-state index contributed by atoms with van der Waals surface area (Å²) in [6.45, 7) is 4.36. The number of halogens is 1. The Morgan fingerprint density at radius 3 is 2.67 bits per heavy atom. The van der Waals surface area contributed by atoms with Crippen molar-refractivity contribution in [3.63, 3.8) is 0 Å². The van der Waals surface area contributed by atoms with Gasteiger partial charge in [0.1, 0.15) is 5.01 Å². The van der Waals surface area contributed by atoms with Gasteiger partial charge in [0, 0.05) is 33.9 Å². The molecule has 0 radical (unpaired) electrons. The minimum absolute atomic E-state index is 0.440. The molecule has 0 aliphatic heterocycles. The Morgan fingerprint density at radius 2 is 1.90 bits per heavy atom. The van der Waals surface area contributed by atoms with Crippen LogP contribution in [0.5, 0.6) is 0 Å². The first kappa shape index (κ1) is 14.2. The molecule has 0 bridgehead atoms. The molecule has 3 rings (SSSR count). The zero-order chi connectivity index (χ0) is 14.8. The molecule has 0 saturated carbocycles. The van der Waals surface area contributed by atoms with E-state index in [0.29, 0.717) is 5.92 Å². The van der Waals surface area contributed by atoms with Crippen LogP contribution < -0.4 is 0 Å². The highest BCUT2D eigenvalue weighted by Crippen LogP contribution is 2.35. The van der Waals surface area contributed by atoms with Gasteiger partial charge >= 0.3 is 0 Å². The van der Waals surface area contributed by atoms with Gasteiger partial charge in [-0.2, -0.15) is 0 Å². The number of rotatable bonds is 3. The Kier molecular flexibility index (Phi) is 4.04. The second kappa shape index (κ2) is 5.96. The van der Waals surface area contributed by atoms with E-state index in [-0.39, 0.29) is 0 Å². The minimum atomic E-state index is 0.440. The third kappa shape index (κ3) is 2.85. The van der Waals surface area contributed by atoms with Crippen molar-refractivity contribution in [1.29, 1.82) is 0 Å². The van der Waals surface area contributed by atoms with Gasteiger partial charge in [-0.25, -0.2) is 4.98 Å². The largest absolute Gasteiger partial charge is 0.264 e. The van der Waals surface area contributed by atoms with Gasteiger partial charge in [0.15, 0.2) is 0 Å². The fourth-order valence-corrected chi connectivity index (χ4v) is 3.36. The van der Waals surface area contributed by atoms with Crippen LogP contribution in [0.2, 0.25) is 5.02 Å². The van der Waals surface area contributed by atoms with Gasteiger partial charge in [0.2, 0.25) is 0 Å². The highest BCUT2D eigenvalue weighted by Gasteiger charge is 2.13. The van der Waals surface area contributed by atoms with Crippen molar-refractivity contribution in [3.05, 3.63) is 58.7 Å². The monoisotopic (exact) mass is 314 g/mol. The van der Waals surface area contributed by atoms with Crippen LogP contribution in [-0.4, -0.2) is 9.97 Å². The molecule has 0 amide bonds. The van der Waals surface area contributed by atoms with Crippen molar-refractivity contribution in [2.45, 2.75) is 19.8 Å². The van der Waals surface area contributed by atoms with Gasteiger partial charge in [-0.15, -0.1) is 11.3 Å². The fourth-order valence-electron chi connectivity index (χ4n) is 2.28. The lowest BCUT2D eigenvalue weighted by Gasteiger charge is -2.09. The van der Waals surface area contributed by atoms with Crippen LogP contribution in [0.25, 0.3) is 21.8 Å². The van der Waals surface area contributed by atoms with E-state index in [2.05, 4.69) is 24.9 Å². The van der Waals surface area contributed by atoms with Crippen molar-refractivity contribution in [2.24, 2.45) is 0 Å². The Bertz CT molecular complexity index is 765. The molecule has 0 atom stereocenters. The fraction of sp³-hybridized carbons (Fsp3) is 0.176. The maximum atomic E-state index is 6.25. The Hall–Kier alpha value is -1.71. The molecule has 2 aromatic heterocycles. The van der Waals surface area contributed by atoms with Crippen molar-refractivity contribution in [2.75, 3.05) is 0 Å². The molecule has 3 aromatic rings. The third-order valence-corrected chi connectivity index (χ3v) is 4.57. The zero-order valence-electron chi connectivity index (χ0n) is 11.9. The predicted molar refractivity (Wildman–Crippen MR) is 89.9 cm³/mol. The van der Waals surface area contributed by atoms with Gasteiger partial charge in [-0.05, 0) is 23.6 Å². The van der Waals surface area contributed by atoms with Crippen LogP contribution in [-0.2, 0) is 0 Å². The number of thiazole rings is 1.